The maximum absolute atomic E-state index is 5.49. The van der Waals surface area contributed by atoms with Crippen LogP contribution in [0.4, 0.5) is 5.69 Å². The number of pyridine rings is 1. The standard InChI is InChI=1S/C14H24N2O4/c1-15-13-3-4-16-14(11-13)12-20-10-9-19-8-7-18-6-5-17-2/h3-4,11H,5-10,12H2,1-2H3,(H,15,16). The van der Waals surface area contributed by atoms with Crippen LogP contribution in [-0.4, -0.2) is 58.8 Å². The van der Waals surface area contributed by atoms with Gasteiger partial charge < -0.3 is 24.3 Å². The molecule has 114 valence electrons. The van der Waals surface area contributed by atoms with Crippen LogP contribution in [0.25, 0.3) is 0 Å². The van der Waals surface area contributed by atoms with Crippen LogP contribution in [0.15, 0.2) is 18.3 Å². The van der Waals surface area contributed by atoms with Crippen LogP contribution >= 0.6 is 0 Å². The zero-order valence-electron chi connectivity index (χ0n) is 12.3. The molecule has 0 aromatic carbocycles. The van der Waals surface area contributed by atoms with Crippen molar-refractivity contribution >= 4 is 5.69 Å². The highest BCUT2D eigenvalue weighted by Gasteiger charge is 1.97. The second kappa shape index (κ2) is 11.6. The summed E-state index contributed by atoms with van der Waals surface area (Å²) in [5, 5.41) is 3.06. The van der Waals surface area contributed by atoms with Crippen LogP contribution in [0.2, 0.25) is 0 Å². The van der Waals surface area contributed by atoms with Gasteiger partial charge >= 0.3 is 0 Å². The Hall–Kier alpha value is -1.21. The minimum absolute atomic E-state index is 0.489. The van der Waals surface area contributed by atoms with E-state index in [1.807, 2.05) is 19.2 Å². The van der Waals surface area contributed by atoms with Crippen LogP contribution in [0.1, 0.15) is 5.69 Å². The van der Waals surface area contributed by atoms with Gasteiger partial charge in [-0.2, -0.15) is 0 Å². The van der Waals surface area contributed by atoms with E-state index in [1.54, 1.807) is 13.3 Å². The molecule has 1 heterocycles. The number of methoxy groups -OCH3 is 1. The van der Waals surface area contributed by atoms with E-state index >= 15 is 0 Å². The third-order valence-electron chi connectivity index (χ3n) is 2.53. The van der Waals surface area contributed by atoms with Gasteiger partial charge in [-0.3, -0.25) is 4.98 Å². The molecule has 0 fully saturated rings. The van der Waals surface area contributed by atoms with Gasteiger partial charge in [0.1, 0.15) is 0 Å². The lowest BCUT2D eigenvalue weighted by molar-refractivity contribution is 0.000474. The lowest BCUT2D eigenvalue weighted by atomic mass is 10.3. The molecular formula is C14H24N2O4. The summed E-state index contributed by atoms with van der Waals surface area (Å²) in [6, 6.07) is 3.88. The summed E-state index contributed by atoms with van der Waals surface area (Å²) < 4.78 is 21.0. The van der Waals surface area contributed by atoms with Gasteiger partial charge in [0.15, 0.2) is 0 Å². The first-order valence-electron chi connectivity index (χ1n) is 6.71. The van der Waals surface area contributed by atoms with Crippen molar-refractivity contribution < 1.29 is 18.9 Å². The smallest absolute Gasteiger partial charge is 0.0889 e. The van der Waals surface area contributed by atoms with E-state index < -0.39 is 0 Å². The van der Waals surface area contributed by atoms with Crippen LogP contribution < -0.4 is 5.32 Å². The number of rotatable bonds is 12. The number of hydrogen-bond acceptors (Lipinski definition) is 6. The predicted molar refractivity (Wildman–Crippen MR) is 77.0 cm³/mol. The van der Waals surface area contributed by atoms with Gasteiger partial charge in [-0.15, -0.1) is 0 Å². The van der Waals surface area contributed by atoms with Crippen molar-refractivity contribution in [3.8, 4) is 0 Å². The van der Waals surface area contributed by atoms with E-state index in [-0.39, 0.29) is 0 Å². The minimum Gasteiger partial charge on any atom is -0.388 e. The second-order valence-corrected chi connectivity index (χ2v) is 4.06. The lowest BCUT2D eigenvalue weighted by Gasteiger charge is -2.07. The number of nitrogens with one attached hydrogen (secondary N) is 1. The van der Waals surface area contributed by atoms with E-state index in [1.165, 1.54) is 0 Å². The third-order valence-corrected chi connectivity index (χ3v) is 2.53. The third kappa shape index (κ3) is 8.06. The second-order valence-electron chi connectivity index (χ2n) is 4.06. The van der Waals surface area contributed by atoms with Gasteiger partial charge in [0, 0.05) is 26.0 Å². The van der Waals surface area contributed by atoms with Gasteiger partial charge in [-0.1, -0.05) is 0 Å². The zero-order valence-corrected chi connectivity index (χ0v) is 12.3. The van der Waals surface area contributed by atoms with Crippen LogP contribution in [-0.2, 0) is 25.6 Å². The molecule has 0 spiro atoms. The molecule has 0 radical (unpaired) electrons. The molecule has 0 amide bonds. The van der Waals surface area contributed by atoms with Gasteiger partial charge in [0.05, 0.1) is 51.9 Å². The number of aromatic nitrogens is 1. The molecule has 6 nitrogen and oxygen atoms in total. The first kappa shape index (κ1) is 16.8. The fourth-order valence-corrected chi connectivity index (χ4v) is 1.47. The first-order chi connectivity index (χ1) is 9.86. The topological polar surface area (TPSA) is 61.8 Å². The Morgan fingerprint density at radius 3 is 2.30 bits per heavy atom. The average Bonchev–Trinajstić information content (AvgIpc) is 2.49. The molecule has 1 aromatic rings. The zero-order chi connectivity index (χ0) is 14.5. The number of hydrogen-bond donors (Lipinski definition) is 1. The molecule has 1 aromatic heterocycles. The predicted octanol–water partition coefficient (Wildman–Crippen LogP) is 1.32. The number of ether oxygens (including phenoxy) is 4. The van der Waals surface area contributed by atoms with E-state index in [4.69, 9.17) is 18.9 Å². The van der Waals surface area contributed by atoms with E-state index in [9.17, 15) is 0 Å². The number of anilines is 1. The van der Waals surface area contributed by atoms with Gasteiger partial charge in [0.2, 0.25) is 0 Å². The Morgan fingerprint density at radius 1 is 1.00 bits per heavy atom. The fourth-order valence-electron chi connectivity index (χ4n) is 1.47. The summed E-state index contributed by atoms with van der Waals surface area (Å²) in [5.41, 5.74) is 1.93. The summed E-state index contributed by atoms with van der Waals surface area (Å²) in [7, 11) is 3.53. The largest absolute Gasteiger partial charge is 0.388 e. The van der Waals surface area contributed by atoms with Crippen molar-refractivity contribution in [1.82, 2.24) is 4.98 Å². The molecule has 1 N–H and O–H groups in total. The van der Waals surface area contributed by atoms with E-state index in [2.05, 4.69) is 10.3 Å². The Morgan fingerprint density at radius 2 is 1.65 bits per heavy atom. The highest BCUT2D eigenvalue weighted by molar-refractivity contribution is 5.42. The van der Waals surface area contributed by atoms with Crippen molar-refractivity contribution in [3.63, 3.8) is 0 Å². The maximum atomic E-state index is 5.49. The lowest BCUT2D eigenvalue weighted by Crippen LogP contribution is -2.11. The van der Waals surface area contributed by atoms with Crippen LogP contribution in [0.3, 0.4) is 0 Å². The first-order valence-corrected chi connectivity index (χ1v) is 6.71. The molecule has 0 saturated carbocycles. The van der Waals surface area contributed by atoms with E-state index in [0.717, 1.165) is 11.4 Å². The molecule has 6 heteroatoms. The summed E-state index contributed by atoms with van der Waals surface area (Å²) in [6.07, 6.45) is 1.76. The van der Waals surface area contributed by atoms with Gasteiger partial charge in [-0.05, 0) is 12.1 Å². The van der Waals surface area contributed by atoms with Gasteiger partial charge in [0.25, 0.3) is 0 Å². The normalized spacial score (nSPS) is 10.7. The van der Waals surface area contributed by atoms with E-state index in [0.29, 0.717) is 46.2 Å². The molecule has 0 atom stereocenters. The fraction of sp³-hybridized carbons (Fsp3) is 0.643. The van der Waals surface area contributed by atoms with Crippen molar-refractivity contribution in [1.29, 1.82) is 0 Å². The monoisotopic (exact) mass is 284 g/mol. The molecule has 0 aliphatic heterocycles. The quantitative estimate of drug-likeness (QED) is 0.584. The molecule has 20 heavy (non-hydrogen) atoms. The van der Waals surface area contributed by atoms with Crippen molar-refractivity contribution in [3.05, 3.63) is 24.0 Å². The average molecular weight is 284 g/mol. The van der Waals surface area contributed by atoms with Crippen LogP contribution in [0.5, 0.6) is 0 Å². The Balaban J connectivity index is 1.94. The highest BCUT2D eigenvalue weighted by atomic mass is 16.6. The molecule has 1 rings (SSSR count). The van der Waals surface area contributed by atoms with Gasteiger partial charge in [-0.25, -0.2) is 0 Å². The Bertz CT molecular complexity index is 350. The highest BCUT2D eigenvalue weighted by Crippen LogP contribution is 2.07. The molecule has 0 unspecified atom stereocenters. The minimum atomic E-state index is 0.489. The SMILES string of the molecule is CNc1ccnc(COCCOCCOCCOC)c1. The summed E-state index contributed by atoms with van der Waals surface area (Å²) in [6.45, 7) is 3.95. The van der Waals surface area contributed by atoms with Crippen molar-refractivity contribution in [2.24, 2.45) is 0 Å². The molecule has 0 saturated heterocycles. The molecule has 0 aliphatic carbocycles. The summed E-state index contributed by atoms with van der Waals surface area (Å²) in [5.74, 6) is 0. The van der Waals surface area contributed by atoms with Crippen molar-refractivity contribution in [2.75, 3.05) is 59.1 Å². The Kier molecular flexibility index (Phi) is 9.77. The van der Waals surface area contributed by atoms with Crippen molar-refractivity contribution in [2.45, 2.75) is 6.61 Å². The molecule has 0 bridgehead atoms. The molecular weight excluding hydrogens is 260 g/mol. The Labute approximate surface area is 120 Å². The summed E-state index contributed by atoms with van der Waals surface area (Å²) in [4.78, 5) is 4.23. The van der Waals surface area contributed by atoms with Crippen LogP contribution in [0, 0.1) is 0 Å². The maximum Gasteiger partial charge on any atom is 0.0889 e. The summed E-state index contributed by atoms with van der Waals surface area (Å²) >= 11 is 0. The number of nitrogens with zero attached hydrogens (tertiary/aromatic N) is 1. The molecule has 0 aliphatic rings.